The molecule has 0 fully saturated rings. The first-order valence-electron chi connectivity index (χ1n) is 5.21. The standard InChI is InChI=1S/C12H14ClN3S/c1-2-14-12(17)16-15-9-11(13)8-10-6-4-3-5-7-10/h3-9H,2H2,1H3,(H2,14,16,17)/b11-8-,15-9-. The van der Waals surface area contributed by atoms with E-state index in [2.05, 4.69) is 15.8 Å². The summed E-state index contributed by atoms with van der Waals surface area (Å²) in [5.74, 6) is 0. The van der Waals surface area contributed by atoms with Crippen LogP contribution in [0.2, 0.25) is 0 Å². The molecule has 2 N–H and O–H groups in total. The highest BCUT2D eigenvalue weighted by Gasteiger charge is 1.90. The Hall–Kier alpha value is -1.39. The molecule has 5 heteroatoms. The molecule has 0 aliphatic heterocycles. The highest BCUT2D eigenvalue weighted by atomic mass is 35.5. The van der Waals surface area contributed by atoms with Gasteiger partial charge < -0.3 is 5.32 Å². The van der Waals surface area contributed by atoms with Gasteiger partial charge in [0.25, 0.3) is 0 Å². The van der Waals surface area contributed by atoms with Crippen LogP contribution < -0.4 is 10.7 Å². The van der Waals surface area contributed by atoms with Crippen molar-refractivity contribution in [2.45, 2.75) is 6.92 Å². The number of rotatable bonds is 4. The van der Waals surface area contributed by atoms with Gasteiger partial charge in [0.2, 0.25) is 0 Å². The number of nitrogens with one attached hydrogen (secondary N) is 2. The summed E-state index contributed by atoms with van der Waals surface area (Å²) in [7, 11) is 0. The van der Waals surface area contributed by atoms with Gasteiger partial charge in [0.15, 0.2) is 5.11 Å². The number of thiocarbonyl (C=S) groups is 1. The summed E-state index contributed by atoms with van der Waals surface area (Å²) >= 11 is 10.9. The predicted octanol–water partition coefficient (Wildman–Crippen LogP) is 2.74. The molecule has 0 atom stereocenters. The molecule has 0 saturated heterocycles. The van der Waals surface area contributed by atoms with Gasteiger partial charge in [0.1, 0.15) is 0 Å². The van der Waals surface area contributed by atoms with Crippen LogP contribution >= 0.6 is 23.8 Å². The Kier molecular flexibility index (Phi) is 6.29. The Morgan fingerprint density at radius 2 is 2.12 bits per heavy atom. The Labute approximate surface area is 112 Å². The topological polar surface area (TPSA) is 36.4 Å². The third-order valence-electron chi connectivity index (χ3n) is 1.80. The molecule has 0 saturated carbocycles. The van der Waals surface area contributed by atoms with Crippen molar-refractivity contribution < 1.29 is 0 Å². The van der Waals surface area contributed by atoms with Crippen LogP contribution in [0.4, 0.5) is 0 Å². The molecule has 0 aromatic heterocycles. The van der Waals surface area contributed by atoms with Crippen molar-refractivity contribution in [3.8, 4) is 0 Å². The Morgan fingerprint density at radius 3 is 2.76 bits per heavy atom. The Balaban J connectivity index is 2.49. The number of nitrogens with zero attached hydrogens (tertiary/aromatic N) is 1. The van der Waals surface area contributed by atoms with E-state index >= 15 is 0 Å². The zero-order chi connectivity index (χ0) is 12.5. The molecular weight excluding hydrogens is 254 g/mol. The fourth-order valence-electron chi connectivity index (χ4n) is 1.10. The fourth-order valence-corrected chi connectivity index (χ4v) is 1.47. The first-order valence-corrected chi connectivity index (χ1v) is 6.00. The minimum atomic E-state index is 0.480. The summed E-state index contributed by atoms with van der Waals surface area (Å²) in [6, 6.07) is 9.78. The second-order valence-electron chi connectivity index (χ2n) is 3.17. The summed E-state index contributed by atoms with van der Waals surface area (Å²) in [4.78, 5) is 0. The zero-order valence-electron chi connectivity index (χ0n) is 9.48. The second-order valence-corrected chi connectivity index (χ2v) is 4.01. The summed E-state index contributed by atoms with van der Waals surface area (Å²) in [6.07, 6.45) is 3.33. The van der Waals surface area contributed by atoms with Gasteiger partial charge in [-0.3, -0.25) is 5.43 Å². The minimum absolute atomic E-state index is 0.480. The average molecular weight is 268 g/mol. The van der Waals surface area contributed by atoms with E-state index in [0.717, 1.165) is 12.1 Å². The van der Waals surface area contributed by atoms with E-state index in [4.69, 9.17) is 23.8 Å². The smallest absolute Gasteiger partial charge is 0.186 e. The van der Waals surface area contributed by atoms with Crippen molar-refractivity contribution in [2.75, 3.05) is 6.54 Å². The third-order valence-corrected chi connectivity index (χ3v) is 2.24. The van der Waals surface area contributed by atoms with E-state index in [1.54, 1.807) is 0 Å². The summed E-state index contributed by atoms with van der Waals surface area (Å²) < 4.78 is 0. The highest BCUT2D eigenvalue weighted by Crippen LogP contribution is 2.07. The molecule has 0 spiro atoms. The first kappa shape index (κ1) is 13.7. The average Bonchev–Trinajstić information content (AvgIpc) is 2.30. The molecule has 90 valence electrons. The molecule has 0 bridgehead atoms. The lowest BCUT2D eigenvalue weighted by Crippen LogP contribution is -2.31. The number of hydrazone groups is 1. The van der Waals surface area contributed by atoms with Crippen LogP contribution in [0.15, 0.2) is 40.5 Å². The number of allylic oxidation sites excluding steroid dienone is 1. The quantitative estimate of drug-likeness (QED) is 0.500. The molecule has 1 rings (SSSR count). The SMILES string of the molecule is CCNC(=S)N/N=C\C(Cl)=C\c1ccccc1. The van der Waals surface area contributed by atoms with Crippen LogP contribution in [0.25, 0.3) is 6.08 Å². The van der Waals surface area contributed by atoms with Gasteiger partial charge in [-0.05, 0) is 30.8 Å². The normalized spacial score (nSPS) is 11.5. The molecule has 1 aromatic rings. The molecular formula is C12H14ClN3S. The van der Waals surface area contributed by atoms with Crippen LogP contribution in [0.3, 0.4) is 0 Å². The Morgan fingerprint density at radius 1 is 1.41 bits per heavy atom. The fraction of sp³-hybridized carbons (Fsp3) is 0.167. The monoisotopic (exact) mass is 267 g/mol. The molecule has 3 nitrogen and oxygen atoms in total. The molecule has 17 heavy (non-hydrogen) atoms. The van der Waals surface area contributed by atoms with E-state index in [1.807, 2.05) is 43.3 Å². The molecule has 1 aromatic carbocycles. The van der Waals surface area contributed by atoms with Crippen molar-refractivity contribution in [2.24, 2.45) is 5.10 Å². The first-order chi connectivity index (χ1) is 8.22. The lowest BCUT2D eigenvalue weighted by atomic mass is 10.2. The maximum atomic E-state index is 5.98. The van der Waals surface area contributed by atoms with Crippen LogP contribution in [0.5, 0.6) is 0 Å². The van der Waals surface area contributed by atoms with E-state index in [0.29, 0.717) is 10.1 Å². The number of hydrogen-bond acceptors (Lipinski definition) is 2. The number of hydrogen-bond donors (Lipinski definition) is 2. The summed E-state index contributed by atoms with van der Waals surface area (Å²) in [5.41, 5.74) is 3.69. The second kappa shape index (κ2) is 7.81. The van der Waals surface area contributed by atoms with Crippen LogP contribution in [-0.4, -0.2) is 17.9 Å². The molecule has 0 amide bonds. The van der Waals surface area contributed by atoms with Gasteiger partial charge in [-0.25, -0.2) is 0 Å². The van der Waals surface area contributed by atoms with Crippen molar-refractivity contribution in [3.63, 3.8) is 0 Å². The van der Waals surface area contributed by atoms with Gasteiger partial charge in [0.05, 0.1) is 11.2 Å². The zero-order valence-corrected chi connectivity index (χ0v) is 11.1. The van der Waals surface area contributed by atoms with Gasteiger partial charge in [-0.1, -0.05) is 41.9 Å². The van der Waals surface area contributed by atoms with E-state index in [-0.39, 0.29) is 0 Å². The molecule has 0 radical (unpaired) electrons. The lowest BCUT2D eigenvalue weighted by Gasteiger charge is -2.02. The maximum absolute atomic E-state index is 5.98. The lowest BCUT2D eigenvalue weighted by molar-refractivity contribution is 0.904. The van der Waals surface area contributed by atoms with E-state index in [9.17, 15) is 0 Å². The summed E-state index contributed by atoms with van der Waals surface area (Å²) in [6.45, 7) is 2.72. The van der Waals surface area contributed by atoms with Gasteiger partial charge in [-0.15, -0.1) is 0 Å². The van der Waals surface area contributed by atoms with Crippen LogP contribution in [0, 0.1) is 0 Å². The van der Waals surface area contributed by atoms with Crippen molar-refractivity contribution in [1.29, 1.82) is 0 Å². The van der Waals surface area contributed by atoms with Gasteiger partial charge in [0, 0.05) is 6.54 Å². The van der Waals surface area contributed by atoms with Crippen LogP contribution in [-0.2, 0) is 0 Å². The molecule has 0 heterocycles. The van der Waals surface area contributed by atoms with Crippen LogP contribution in [0.1, 0.15) is 12.5 Å². The Bertz CT molecular complexity index is 415. The summed E-state index contributed by atoms with van der Waals surface area (Å²) in [5, 5.41) is 7.83. The maximum Gasteiger partial charge on any atom is 0.186 e. The third kappa shape index (κ3) is 6.04. The number of benzene rings is 1. The van der Waals surface area contributed by atoms with E-state index in [1.165, 1.54) is 6.21 Å². The molecule has 0 unspecified atom stereocenters. The minimum Gasteiger partial charge on any atom is -0.362 e. The van der Waals surface area contributed by atoms with Gasteiger partial charge in [-0.2, -0.15) is 5.10 Å². The largest absolute Gasteiger partial charge is 0.362 e. The number of halogens is 1. The van der Waals surface area contributed by atoms with Gasteiger partial charge >= 0.3 is 0 Å². The van der Waals surface area contributed by atoms with Crippen molar-refractivity contribution in [3.05, 3.63) is 40.9 Å². The molecule has 0 aliphatic carbocycles. The predicted molar refractivity (Wildman–Crippen MR) is 78.2 cm³/mol. The van der Waals surface area contributed by atoms with Crippen molar-refractivity contribution >= 4 is 41.2 Å². The van der Waals surface area contributed by atoms with Crippen molar-refractivity contribution in [1.82, 2.24) is 10.7 Å². The molecule has 0 aliphatic rings. The highest BCUT2D eigenvalue weighted by molar-refractivity contribution is 7.80. The van der Waals surface area contributed by atoms with E-state index < -0.39 is 0 Å².